The molecule has 5 nitrogen and oxygen atoms in total. The Bertz CT molecular complexity index is 607. The standard InChI is InChI=1S/C17H21FN2O3/c1-11(2)9-14(15(21)23-4)20-16(22)17(18,10-19)13-7-5-12(3)6-8-13/h5-8,11,14H,9H2,1-4H3,(H,20,22)/t14-,17+/m0/s1. The van der Waals surface area contributed by atoms with Crippen LogP contribution < -0.4 is 5.32 Å². The van der Waals surface area contributed by atoms with Gasteiger partial charge in [-0.3, -0.25) is 4.79 Å². The lowest BCUT2D eigenvalue weighted by Gasteiger charge is -2.23. The van der Waals surface area contributed by atoms with Gasteiger partial charge < -0.3 is 10.1 Å². The van der Waals surface area contributed by atoms with Gasteiger partial charge in [0.1, 0.15) is 12.1 Å². The van der Waals surface area contributed by atoms with Crippen LogP contribution in [0.2, 0.25) is 0 Å². The molecule has 0 aliphatic carbocycles. The Hall–Kier alpha value is -2.42. The van der Waals surface area contributed by atoms with Crippen molar-refractivity contribution in [2.24, 2.45) is 5.92 Å². The molecule has 0 fully saturated rings. The molecule has 6 heteroatoms. The van der Waals surface area contributed by atoms with Crippen molar-refractivity contribution in [1.29, 1.82) is 5.26 Å². The third-order valence-corrected chi connectivity index (χ3v) is 3.41. The first-order valence-corrected chi connectivity index (χ1v) is 7.30. The molecule has 1 aromatic rings. The molecule has 0 unspecified atom stereocenters. The molecule has 0 heterocycles. The molecule has 0 aromatic heterocycles. The normalized spacial score (nSPS) is 14.5. The van der Waals surface area contributed by atoms with Crippen molar-refractivity contribution in [3.8, 4) is 6.07 Å². The van der Waals surface area contributed by atoms with E-state index in [1.54, 1.807) is 12.1 Å². The van der Waals surface area contributed by atoms with Crippen molar-refractivity contribution in [3.05, 3.63) is 35.4 Å². The lowest BCUT2D eigenvalue weighted by atomic mass is 9.94. The van der Waals surface area contributed by atoms with Crippen molar-refractivity contribution in [3.63, 3.8) is 0 Å². The molecule has 1 aromatic carbocycles. The highest BCUT2D eigenvalue weighted by molar-refractivity contribution is 5.92. The molecule has 0 radical (unpaired) electrons. The summed E-state index contributed by atoms with van der Waals surface area (Å²) in [5.41, 5.74) is -2.06. The van der Waals surface area contributed by atoms with Crippen LogP contribution in [0.5, 0.6) is 0 Å². The van der Waals surface area contributed by atoms with Gasteiger partial charge in [0.25, 0.3) is 11.6 Å². The Morgan fingerprint density at radius 2 is 1.91 bits per heavy atom. The van der Waals surface area contributed by atoms with Gasteiger partial charge in [-0.15, -0.1) is 0 Å². The van der Waals surface area contributed by atoms with Gasteiger partial charge in [-0.1, -0.05) is 43.7 Å². The smallest absolute Gasteiger partial charge is 0.328 e. The van der Waals surface area contributed by atoms with Gasteiger partial charge in [0.05, 0.1) is 7.11 Å². The Kier molecular flexibility index (Phi) is 6.26. The number of halogens is 1. The summed E-state index contributed by atoms with van der Waals surface area (Å²) in [6, 6.07) is 6.39. The predicted molar refractivity (Wildman–Crippen MR) is 83.0 cm³/mol. The molecular weight excluding hydrogens is 299 g/mol. The number of benzene rings is 1. The number of hydrogen-bond donors (Lipinski definition) is 1. The molecule has 2 atom stereocenters. The maximum absolute atomic E-state index is 14.9. The molecule has 124 valence electrons. The Morgan fingerprint density at radius 3 is 2.35 bits per heavy atom. The fraction of sp³-hybridized carbons (Fsp3) is 0.471. The summed E-state index contributed by atoms with van der Waals surface area (Å²) in [5, 5.41) is 11.5. The Balaban J connectivity index is 3.05. The minimum Gasteiger partial charge on any atom is -0.467 e. The van der Waals surface area contributed by atoms with Crippen molar-refractivity contribution in [2.45, 2.75) is 38.9 Å². The number of ether oxygens (including phenoxy) is 1. The quantitative estimate of drug-likeness (QED) is 0.816. The zero-order chi connectivity index (χ0) is 17.6. The zero-order valence-corrected chi connectivity index (χ0v) is 13.7. The third kappa shape index (κ3) is 4.52. The van der Waals surface area contributed by atoms with Gasteiger partial charge in [0.2, 0.25) is 0 Å². The number of carbonyl (C=O) groups excluding carboxylic acids is 2. The Morgan fingerprint density at radius 1 is 1.35 bits per heavy atom. The molecular formula is C17H21FN2O3. The summed E-state index contributed by atoms with van der Waals surface area (Å²) in [6.07, 6.45) is 0.286. The number of nitriles is 1. The van der Waals surface area contributed by atoms with Crippen LogP contribution in [-0.2, 0) is 20.0 Å². The fourth-order valence-electron chi connectivity index (χ4n) is 2.12. The summed E-state index contributed by atoms with van der Waals surface area (Å²) in [7, 11) is 1.19. The van der Waals surface area contributed by atoms with E-state index in [1.165, 1.54) is 25.3 Å². The van der Waals surface area contributed by atoms with E-state index in [2.05, 4.69) is 10.1 Å². The average molecular weight is 320 g/mol. The zero-order valence-electron chi connectivity index (χ0n) is 13.7. The first-order chi connectivity index (χ1) is 10.7. The molecule has 1 rings (SSSR count). The fourth-order valence-corrected chi connectivity index (χ4v) is 2.12. The highest BCUT2D eigenvalue weighted by Gasteiger charge is 2.43. The van der Waals surface area contributed by atoms with E-state index in [0.29, 0.717) is 0 Å². The van der Waals surface area contributed by atoms with Crippen LogP contribution in [-0.4, -0.2) is 25.0 Å². The molecule has 1 amide bonds. The van der Waals surface area contributed by atoms with E-state index in [-0.39, 0.29) is 17.9 Å². The van der Waals surface area contributed by atoms with Crippen molar-refractivity contribution in [2.75, 3.05) is 7.11 Å². The summed E-state index contributed by atoms with van der Waals surface area (Å²) in [6.45, 7) is 5.52. The number of rotatable bonds is 6. The van der Waals surface area contributed by atoms with Crippen LogP contribution in [0.15, 0.2) is 24.3 Å². The predicted octanol–water partition coefficient (Wildman–Crippen LogP) is 2.39. The summed E-state index contributed by atoms with van der Waals surface area (Å²) < 4.78 is 19.5. The number of nitrogens with zero attached hydrogens (tertiary/aromatic N) is 1. The number of carbonyl (C=O) groups is 2. The van der Waals surface area contributed by atoms with Crippen LogP contribution >= 0.6 is 0 Å². The van der Waals surface area contributed by atoms with E-state index in [1.807, 2.05) is 20.8 Å². The molecule has 0 saturated carbocycles. The lowest BCUT2D eigenvalue weighted by molar-refractivity contribution is -0.147. The summed E-state index contributed by atoms with van der Waals surface area (Å²) in [4.78, 5) is 24.0. The van der Waals surface area contributed by atoms with Gasteiger partial charge in [-0.2, -0.15) is 5.26 Å². The number of alkyl halides is 1. The minimum atomic E-state index is -2.86. The van der Waals surface area contributed by atoms with Gasteiger partial charge >= 0.3 is 5.97 Å². The Labute approximate surface area is 135 Å². The number of amides is 1. The molecule has 0 spiro atoms. The van der Waals surface area contributed by atoms with Gasteiger partial charge in [-0.25, -0.2) is 9.18 Å². The van der Waals surface area contributed by atoms with Crippen molar-refractivity contribution < 1.29 is 18.7 Å². The van der Waals surface area contributed by atoms with E-state index in [9.17, 15) is 14.0 Å². The molecule has 0 saturated heterocycles. The second-order valence-corrected chi connectivity index (χ2v) is 5.82. The number of nitrogens with one attached hydrogen (secondary N) is 1. The highest BCUT2D eigenvalue weighted by atomic mass is 19.1. The molecule has 1 N–H and O–H groups in total. The first kappa shape index (κ1) is 18.6. The number of aryl methyl sites for hydroxylation is 1. The van der Waals surface area contributed by atoms with E-state index >= 15 is 0 Å². The summed E-state index contributed by atoms with van der Waals surface area (Å²) >= 11 is 0. The SMILES string of the molecule is COC(=O)[C@H](CC(C)C)NC(=O)[C@@](F)(C#N)c1ccc(C)cc1. The molecule has 0 bridgehead atoms. The summed E-state index contributed by atoms with van der Waals surface area (Å²) in [5.74, 6) is -1.76. The number of esters is 1. The van der Waals surface area contributed by atoms with Gasteiger partial charge in [-0.05, 0) is 19.3 Å². The molecule has 23 heavy (non-hydrogen) atoms. The average Bonchev–Trinajstić information content (AvgIpc) is 2.52. The van der Waals surface area contributed by atoms with Gasteiger partial charge in [0, 0.05) is 5.56 Å². The van der Waals surface area contributed by atoms with Crippen LogP contribution in [0, 0.1) is 24.2 Å². The lowest BCUT2D eigenvalue weighted by Crippen LogP contribution is -2.49. The first-order valence-electron chi connectivity index (χ1n) is 7.30. The topological polar surface area (TPSA) is 79.2 Å². The van der Waals surface area contributed by atoms with Crippen LogP contribution in [0.3, 0.4) is 0 Å². The van der Waals surface area contributed by atoms with E-state index in [0.717, 1.165) is 5.56 Å². The molecule has 0 aliphatic rings. The van der Waals surface area contributed by atoms with E-state index < -0.39 is 23.6 Å². The van der Waals surface area contributed by atoms with Crippen LogP contribution in [0.25, 0.3) is 0 Å². The third-order valence-electron chi connectivity index (χ3n) is 3.41. The maximum atomic E-state index is 14.9. The monoisotopic (exact) mass is 320 g/mol. The van der Waals surface area contributed by atoms with Crippen LogP contribution in [0.4, 0.5) is 4.39 Å². The molecule has 0 aliphatic heterocycles. The van der Waals surface area contributed by atoms with Crippen LogP contribution in [0.1, 0.15) is 31.4 Å². The number of methoxy groups -OCH3 is 1. The second kappa shape index (κ2) is 7.73. The van der Waals surface area contributed by atoms with Crippen molar-refractivity contribution in [1.82, 2.24) is 5.32 Å². The minimum absolute atomic E-state index is 0.0729. The highest BCUT2D eigenvalue weighted by Crippen LogP contribution is 2.26. The van der Waals surface area contributed by atoms with E-state index in [4.69, 9.17) is 5.26 Å². The second-order valence-electron chi connectivity index (χ2n) is 5.82. The van der Waals surface area contributed by atoms with Crippen molar-refractivity contribution >= 4 is 11.9 Å². The largest absolute Gasteiger partial charge is 0.467 e. The van der Waals surface area contributed by atoms with Gasteiger partial charge in [0.15, 0.2) is 0 Å². The number of hydrogen-bond acceptors (Lipinski definition) is 4. The maximum Gasteiger partial charge on any atom is 0.328 e.